The van der Waals surface area contributed by atoms with E-state index in [-0.39, 0.29) is 0 Å². The number of furan rings is 1. The quantitative estimate of drug-likeness (QED) is 0.171. The Morgan fingerprint density at radius 3 is 1.73 bits per heavy atom. The fourth-order valence-corrected chi connectivity index (χ4v) is 9.01. The van der Waals surface area contributed by atoms with E-state index >= 15 is 0 Å². The van der Waals surface area contributed by atoms with Crippen molar-refractivity contribution >= 4 is 53.4 Å². The number of para-hydroxylation sites is 1. The lowest BCUT2D eigenvalue weighted by molar-refractivity contribution is 0.669. The molecule has 0 aliphatic heterocycles. The minimum absolute atomic E-state index is 0.561. The number of hydrogen-bond acceptors (Lipinski definition) is 5. The van der Waals surface area contributed by atoms with Crippen molar-refractivity contribution in [2.45, 2.75) is 0 Å². The molecule has 0 unspecified atom stereocenters. The highest BCUT2D eigenvalue weighted by atomic mass is 32.1. The Morgan fingerprint density at radius 1 is 0.339 bits per heavy atom. The Bertz CT molecular complexity index is 3240. The van der Waals surface area contributed by atoms with Crippen molar-refractivity contribution in [2.75, 3.05) is 0 Å². The molecule has 5 heteroatoms. The number of rotatable bonds is 6. The summed E-state index contributed by atoms with van der Waals surface area (Å²) in [4.78, 5) is 15.2. The van der Waals surface area contributed by atoms with Crippen LogP contribution in [0.2, 0.25) is 0 Å². The molecule has 0 saturated heterocycles. The summed E-state index contributed by atoms with van der Waals surface area (Å²) in [6.45, 7) is 0. The predicted molar refractivity (Wildman–Crippen MR) is 233 cm³/mol. The molecule has 11 rings (SSSR count). The SMILES string of the molecule is c1ccc(-c2cccc(-c3nc(-c4ccccc4)nc(-c4cccc5c4oc4ccc(-c6cc(-c7ccccc7)c7sc8ccccc8c7c6)cc45)n3)c2)cc1. The summed E-state index contributed by atoms with van der Waals surface area (Å²) < 4.78 is 9.30. The molecule has 0 radical (unpaired) electrons. The molecule has 0 atom stereocenters. The van der Waals surface area contributed by atoms with Gasteiger partial charge in [-0.25, -0.2) is 15.0 Å². The third-order valence-electron chi connectivity index (χ3n) is 10.5. The van der Waals surface area contributed by atoms with Crippen LogP contribution >= 0.6 is 11.3 Å². The van der Waals surface area contributed by atoms with Crippen LogP contribution in [0.3, 0.4) is 0 Å². The van der Waals surface area contributed by atoms with Crippen molar-refractivity contribution in [3.05, 3.63) is 188 Å². The maximum atomic E-state index is 6.71. The molecule has 56 heavy (non-hydrogen) atoms. The second-order valence-corrected chi connectivity index (χ2v) is 15.0. The molecule has 3 aromatic heterocycles. The Labute approximate surface area is 327 Å². The number of thiophene rings is 1. The van der Waals surface area contributed by atoms with E-state index in [4.69, 9.17) is 19.4 Å². The summed E-state index contributed by atoms with van der Waals surface area (Å²) in [5, 5.41) is 4.61. The van der Waals surface area contributed by atoms with Crippen LogP contribution in [0.25, 0.3) is 110 Å². The van der Waals surface area contributed by atoms with Gasteiger partial charge in [-0.2, -0.15) is 0 Å². The van der Waals surface area contributed by atoms with Gasteiger partial charge in [-0.1, -0.05) is 146 Å². The van der Waals surface area contributed by atoms with Gasteiger partial charge in [0.15, 0.2) is 17.5 Å². The highest BCUT2D eigenvalue weighted by Crippen LogP contribution is 2.44. The zero-order valence-electron chi connectivity index (χ0n) is 30.1. The third-order valence-corrected chi connectivity index (χ3v) is 11.7. The van der Waals surface area contributed by atoms with Gasteiger partial charge < -0.3 is 4.42 Å². The minimum Gasteiger partial charge on any atom is -0.455 e. The lowest BCUT2D eigenvalue weighted by Crippen LogP contribution is -2.00. The van der Waals surface area contributed by atoms with Gasteiger partial charge in [-0.15, -0.1) is 11.3 Å². The molecule has 0 aliphatic carbocycles. The molecule has 0 aliphatic rings. The smallest absolute Gasteiger partial charge is 0.167 e. The maximum Gasteiger partial charge on any atom is 0.167 e. The van der Waals surface area contributed by atoms with Gasteiger partial charge in [0.1, 0.15) is 11.2 Å². The Morgan fingerprint density at radius 2 is 0.929 bits per heavy atom. The molecule has 3 heterocycles. The van der Waals surface area contributed by atoms with E-state index < -0.39 is 0 Å². The summed E-state index contributed by atoms with van der Waals surface area (Å²) in [6, 6.07) is 65.7. The predicted octanol–water partition coefficient (Wildman–Crippen LogP) is 14.1. The molecule has 0 saturated carbocycles. The van der Waals surface area contributed by atoms with Crippen molar-refractivity contribution in [1.82, 2.24) is 15.0 Å². The minimum atomic E-state index is 0.561. The van der Waals surface area contributed by atoms with E-state index in [0.717, 1.165) is 55.3 Å². The van der Waals surface area contributed by atoms with Gasteiger partial charge >= 0.3 is 0 Å². The molecule has 4 nitrogen and oxygen atoms in total. The van der Waals surface area contributed by atoms with Crippen LogP contribution in [0.4, 0.5) is 0 Å². The van der Waals surface area contributed by atoms with Crippen molar-refractivity contribution in [1.29, 1.82) is 0 Å². The molecule has 11 aromatic rings. The standard InChI is InChI=1S/C51H31N3OS/c1-4-14-32(15-5-1)35-20-12-21-37(28-35)50-52-49(34-18-8-3-9-19-34)53-51(54-50)41-24-13-23-40-43-29-36(26-27-45(43)55-47(40)41)38-30-42(33-16-6-2-7-17-33)48-44(31-38)39-22-10-11-25-46(39)56-48/h1-31H. The van der Waals surface area contributed by atoms with Crippen molar-refractivity contribution in [2.24, 2.45) is 0 Å². The van der Waals surface area contributed by atoms with Crippen molar-refractivity contribution < 1.29 is 4.42 Å². The van der Waals surface area contributed by atoms with E-state index in [0.29, 0.717) is 17.5 Å². The fraction of sp³-hybridized carbons (Fsp3) is 0. The second-order valence-electron chi connectivity index (χ2n) is 14.0. The van der Waals surface area contributed by atoms with Crippen LogP contribution in [0.15, 0.2) is 192 Å². The van der Waals surface area contributed by atoms with E-state index in [1.165, 1.54) is 36.9 Å². The highest BCUT2D eigenvalue weighted by molar-refractivity contribution is 7.26. The number of hydrogen-bond donors (Lipinski definition) is 0. The van der Waals surface area contributed by atoms with Gasteiger partial charge in [0, 0.05) is 47.6 Å². The zero-order chi connectivity index (χ0) is 37.0. The summed E-state index contributed by atoms with van der Waals surface area (Å²) >= 11 is 1.86. The maximum absolute atomic E-state index is 6.71. The third kappa shape index (κ3) is 5.56. The first-order chi connectivity index (χ1) is 27.7. The summed E-state index contributed by atoms with van der Waals surface area (Å²) in [7, 11) is 0. The summed E-state index contributed by atoms with van der Waals surface area (Å²) in [5.41, 5.74) is 11.2. The average molecular weight is 734 g/mol. The summed E-state index contributed by atoms with van der Waals surface area (Å²) in [5.74, 6) is 1.77. The van der Waals surface area contributed by atoms with Gasteiger partial charge in [-0.3, -0.25) is 0 Å². The monoisotopic (exact) mass is 733 g/mol. The number of benzene rings is 8. The molecular formula is C51H31N3OS. The van der Waals surface area contributed by atoms with Crippen molar-refractivity contribution in [3.8, 4) is 67.5 Å². The highest BCUT2D eigenvalue weighted by Gasteiger charge is 2.19. The Kier molecular flexibility index (Phi) is 7.64. The van der Waals surface area contributed by atoms with Crippen LogP contribution < -0.4 is 0 Å². The van der Waals surface area contributed by atoms with Gasteiger partial charge in [0.2, 0.25) is 0 Å². The number of fused-ring (bicyclic) bond motifs is 6. The molecule has 0 fully saturated rings. The van der Waals surface area contributed by atoms with Gasteiger partial charge in [-0.05, 0) is 70.3 Å². The van der Waals surface area contributed by atoms with E-state index in [9.17, 15) is 0 Å². The largest absolute Gasteiger partial charge is 0.455 e. The van der Waals surface area contributed by atoms with Crippen LogP contribution in [-0.4, -0.2) is 15.0 Å². The van der Waals surface area contributed by atoms with Crippen LogP contribution in [0, 0.1) is 0 Å². The first-order valence-corrected chi connectivity index (χ1v) is 19.5. The molecule has 262 valence electrons. The van der Waals surface area contributed by atoms with Crippen LogP contribution in [0.5, 0.6) is 0 Å². The number of aromatic nitrogens is 3. The molecule has 8 aromatic carbocycles. The normalized spacial score (nSPS) is 11.6. The van der Waals surface area contributed by atoms with E-state index in [2.05, 4.69) is 146 Å². The number of nitrogens with zero attached hydrogens (tertiary/aromatic N) is 3. The Hall–Kier alpha value is -7.21. The molecule has 0 amide bonds. The molecular weight excluding hydrogens is 703 g/mol. The Balaban J connectivity index is 1.07. The van der Waals surface area contributed by atoms with Gasteiger partial charge in [0.25, 0.3) is 0 Å². The fourth-order valence-electron chi connectivity index (χ4n) is 7.79. The zero-order valence-corrected chi connectivity index (χ0v) is 30.9. The first kappa shape index (κ1) is 32.2. The first-order valence-electron chi connectivity index (χ1n) is 18.7. The average Bonchev–Trinajstić information content (AvgIpc) is 3.85. The van der Waals surface area contributed by atoms with E-state index in [1.807, 2.05) is 53.8 Å². The lowest BCUT2D eigenvalue weighted by atomic mass is 9.95. The summed E-state index contributed by atoms with van der Waals surface area (Å²) in [6.07, 6.45) is 0. The van der Waals surface area contributed by atoms with Crippen molar-refractivity contribution in [3.63, 3.8) is 0 Å². The topological polar surface area (TPSA) is 51.8 Å². The lowest BCUT2D eigenvalue weighted by Gasteiger charge is -2.10. The molecule has 0 N–H and O–H groups in total. The molecule has 0 spiro atoms. The molecule has 0 bridgehead atoms. The van der Waals surface area contributed by atoms with Crippen LogP contribution in [0.1, 0.15) is 0 Å². The van der Waals surface area contributed by atoms with E-state index in [1.54, 1.807) is 0 Å². The second kappa shape index (κ2) is 13.3. The van der Waals surface area contributed by atoms with Crippen LogP contribution in [-0.2, 0) is 0 Å². The van der Waals surface area contributed by atoms with Gasteiger partial charge in [0.05, 0.1) is 5.56 Å².